The molecular formula is C12H19N3OS2. The molecule has 1 N–H and O–H groups in total. The third-order valence-electron chi connectivity index (χ3n) is 2.66. The van der Waals surface area contributed by atoms with Gasteiger partial charge in [0, 0.05) is 25.0 Å². The van der Waals surface area contributed by atoms with Gasteiger partial charge in [-0.15, -0.1) is 11.8 Å². The van der Waals surface area contributed by atoms with Gasteiger partial charge in [0.25, 0.3) is 0 Å². The number of hydrogen-bond donors (Lipinski definition) is 1. The van der Waals surface area contributed by atoms with Crippen molar-refractivity contribution in [3.05, 3.63) is 6.07 Å². The maximum atomic E-state index is 5.62. The second-order valence-corrected chi connectivity index (χ2v) is 5.87. The van der Waals surface area contributed by atoms with Gasteiger partial charge in [-0.3, -0.25) is 0 Å². The summed E-state index contributed by atoms with van der Waals surface area (Å²) in [5.41, 5.74) is 0. The molecule has 18 heavy (non-hydrogen) atoms. The first-order valence-corrected chi connectivity index (χ1v) is 8.44. The molecule has 1 unspecified atom stereocenters. The van der Waals surface area contributed by atoms with Crippen LogP contribution in [0.5, 0.6) is 0 Å². The number of rotatable bonds is 6. The number of hydrogen-bond acceptors (Lipinski definition) is 6. The Balaban J connectivity index is 1.98. The van der Waals surface area contributed by atoms with E-state index in [9.17, 15) is 0 Å². The quantitative estimate of drug-likeness (QED) is 0.493. The Labute approximate surface area is 117 Å². The summed E-state index contributed by atoms with van der Waals surface area (Å²) in [6.45, 7) is 3.86. The van der Waals surface area contributed by atoms with E-state index in [0.717, 1.165) is 34.9 Å². The number of anilines is 1. The summed E-state index contributed by atoms with van der Waals surface area (Å²) in [5.74, 6) is 1.89. The van der Waals surface area contributed by atoms with Gasteiger partial charge in [-0.2, -0.15) is 0 Å². The fourth-order valence-corrected chi connectivity index (χ4v) is 3.20. The zero-order valence-electron chi connectivity index (χ0n) is 10.8. The monoisotopic (exact) mass is 285 g/mol. The highest BCUT2D eigenvalue weighted by molar-refractivity contribution is 7.99. The van der Waals surface area contributed by atoms with Gasteiger partial charge in [0.15, 0.2) is 5.16 Å². The van der Waals surface area contributed by atoms with Crippen LogP contribution < -0.4 is 5.32 Å². The molecule has 0 bridgehead atoms. The fourth-order valence-electron chi connectivity index (χ4n) is 1.79. The van der Waals surface area contributed by atoms with Crippen molar-refractivity contribution < 1.29 is 4.74 Å². The maximum Gasteiger partial charge on any atom is 0.190 e. The predicted molar refractivity (Wildman–Crippen MR) is 77.7 cm³/mol. The van der Waals surface area contributed by atoms with Gasteiger partial charge < -0.3 is 10.1 Å². The van der Waals surface area contributed by atoms with Gasteiger partial charge in [-0.05, 0) is 26.0 Å². The van der Waals surface area contributed by atoms with Gasteiger partial charge in [-0.1, -0.05) is 11.8 Å². The van der Waals surface area contributed by atoms with Crippen LogP contribution >= 0.6 is 23.5 Å². The lowest BCUT2D eigenvalue weighted by molar-refractivity contribution is 0.129. The van der Waals surface area contributed by atoms with Gasteiger partial charge in [0.1, 0.15) is 10.8 Å². The van der Waals surface area contributed by atoms with Crippen LogP contribution in [0.3, 0.4) is 0 Å². The highest BCUT2D eigenvalue weighted by atomic mass is 32.2. The van der Waals surface area contributed by atoms with Crippen molar-refractivity contribution >= 4 is 29.3 Å². The summed E-state index contributed by atoms with van der Waals surface area (Å²) in [7, 11) is 0. The molecule has 2 heterocycles. The first kappa shape index (κ1) is 14.0. The van der Waals surface area contributed by atoms with Crippen molar-refractivity contribution in [2.45, 2.75) is 36.1 Å². The number of thioether (sulfide) groups is 2. The first-order chi connectivity index (χ1) is 8.81. The molecule has 100 valence electrons. The molecule has 0 aliphatic carbocycles. The third-order valence-corrected chi connectivity index (χ3v) is 4.25. The highest BCUT2D eigenvalue weighted by Gasteiger charge is 2.16. The minimum atomic E-state index is 0.394. The zero-order chi connectivity index (χ0) is 12.8. The van der Waals surface area contributed by atoms with Crippen molar-refractivity contribution in [1.29, 1.82) is 0 Å². The lowest BCUT2D eigenvalue weighted by Crippen LogP contribution is -2.08. The van der Waals surface area contributed by atoms with Crippen LogP contribution in [0, 0.1) is 0 Å². The van der Waals surface area contributed by atoms with Gasteiger partial charge >= 0.3 is 0 Å². The molecule has 6 heteroatoms. The smallest absolute Gasteiger partial charge is 0.190 e. The number of nitrogens with zero attached hydrogens (tertiary/aromatic N) is 2. The van der Waals surface area contributed by atoms with E-state index in [1.54, 1.807) is 23.5 Å². The summed E-state index contributed by atoms with van der Waals surface area (Å²) >= 11 is 3.33. The standard InChI is InChI=1S/C12H19N3OS2/c1-3-13-10-7-11(15-12(14-10)17-2)18-8-9-5-4-6-16-9/h7,9H,3-6,8H2,1-2H3,(H,13,14,15). The molecule has 0 saturated carbocycles. The Morgan fingerprint density at radius 2 is 2.39 bits per heavy atom. The van der Waals surface area contributed by atoms with E-state index in [4.69, 9.17) is 4.74 Å². The topological polar surface area (TPSA) is 47.0 Å². The van der Waals surface area contributed by atoms with E-state index in [1.807, 2.05) is 12.3 Å². The third kappa shape index (κ3) is 4.03. The first-order valence-electron chi connectivity index (χ1n) is 6.23. The molecule has 0 radical (unpaired) electrons. The number of nitrogens with one attached hydrogen (secondary N) is 1. The summed E-state index contributed by atoms with van der Waals surface area (Å²) in [6.07, 6.45) is 4.76. The van der Waals surface area contributed by atoms with Gasteiger partial charge in [0.2, 0.25) is 0 Å². The Kier molecular flexibility index (Phi) is 5.59. The van der Waals surface area contributed by atoms with E-state index in [2.05, 4.69) is 22.2 Å². The molecule has 0 aromatic carbocycles. The molecule has 1 fully saturated rings. The SMILES string of the molecule is CCNc1cc(SCC2CCCO2)nc(SC)n1. The van der Waals surface area contributed by atoms with E-state index in [0.29, 0.717) is 6.10 Å². The fraction of sp³-hybridized carbons (Fsp3) is 0.667. The molecule has 1 atom stereocenters. The molecule has 1 aromatic rings. The average Bonchev–Trinajstić information content (AvgIpc) is 2.89. The zero-order valence-corrected chi connectivity index (χ0v) is 12.4. The Morgan fingerprint density at radius 3 is 3.06 bits per heavy atom. The van der Waals surface area contributed by atoms with E-state index >= 15 is 0 Å². The van der Waals surface area contributed by atoms with Crippen molar-refractivity contribution in [2.75, 3.05) is 30.5 Å². The molecule has 0 spiro atoms. The normalized spacial score (nSPS) is 19.1. The largest absolute Gasteiger partial charge is 0.377 e. The summed E-state index contributed by atoms with van der Waals surface area (Å²) in [6, 6.07) is 2.02. The lowest BCUT2D eigenvalue weighted by atomic mass is 10.3. The molecular weight excluding hydrogens is 266 g/mol. The van der Waals surface area contributed by atoms with Crippen molar-refractivity contribution in [2.24, 2.45) is 0 Å². The lowest BCUT2D eigenvalue weighted by Gasteiger charge is -2.10. The average molecular weight is 285 g/mol. The highest BCUT2D eigenvalue weighted by Crippen LogP contribution is 2.25. The maximum absolute atomic E-state index is 5.62. The van der Waals surface area contributed by atoms with Crippen LogP contribution in [0.15, 0.2) is 16.2 Å². The van der Waals surface area contributed by atoms with Gasteiger partial charge in [0.05, 0.1) is 6.10 Å². The minimum absolute atomic E-state index is 0.394. The predicted octanol–water partition coefficient (Wildman–Crippen LogP) is 2.90. The van der Waals surface area contributed by atoms with Crippen molar-refractivity contribution in [1.82, 2.24) is 9.97 Å². The minimum Gasteiger partial charge on any atom is -0.377 e. The van der Waals surface area contributed by atoms with Crippen LogP contribution in [-0.2, 0) is 4.74 Å². The second-order valence-electron chi connectivity index (χ2n) is 4.05. The van der Waals surface area contributed by atoms with Crippen LogP contribution in [0.2, 0.25) is 0 Å². The molecule has 1 aromatic heterocycles. The molecule has 0 amide bonds. The Hall–Kier alpha value is -0.460. The van der Waals surface area contributed by atoms with Crippen LogP contribution in [0.25, 0.3) is 0 Å². The number of ether oxygens (including phenoxy) is 1. The molecule has 1 saturated heterocycles. The molecule has 4 nitrogen and oxygen atoms in total. The van der Waals surface area contributed by atoms with Crippen molar-refractivity contribution in [3.63, 3.8) is 0 Å². The second kappa shape index (κ2) is 7.21. The Bertz CT molecular complexity index is 384. The van der Waals surface area contributed by atoms with Gasteiger partial charge in [-0.25, -0.2) is 9.97 Å². The molecule has 2 rings (SSSR count). The molecule has 1 aliphatic rings. The summed E-state index contributed by atoms with van der Waals surface area (Å²) in [4.78, 5) is 8.93. The van der Waals surface area contributed by atoms with Crippen LogP contribution in [0.4, 0.5) is 5.82 Å². The van der Waals surface area contributed by atoms with E-state index in [-0.39, 0.29) is 0 Å². The summed E-state index contributed by atoms with van der Waals surface area (Å²) < 4.78 is 5.62. The summed E-state index contributed by atoms with van der Waals surface area (Å²) in [5, 5.41) is 5.09. The Morgan fingerprint density at radius 1 is 1.50 bits per heavy atom. The number of aromatic nitrogens is 2. The van der Waals surface area contributed by atoms with Crippen LogP contribution in [-0.4, -0.2) is 41.2 Å². The van der Waals surface area contributed by atoms with E-state index in [1.165, 1.54) is 12.8 Å². The molecule has 1 aliphatic heterocycles. The van der Waals surface area contributed by atoms with Crippen molar-refractivity contribution in [3.8, 4) is 0 Å². The van der Waals surface area contributed by atoms with Crippen LogP contribution in [0.1, 0.15) is 19.8 Å². The van der Waals surface area contributed by atoms with E-state index < -0.39 is 0 Å².